The van der Waals surface area contributed by atoms with E-state index in [4.69, 9.17) is 32.8 Å². The maximum atomic E-state index is 13.5. The molecule has 3 aliphatic rings. The minimum atomic E-state index is -1.86. The highest BCUT2D eigenvalue weighted by Gasteiger charge is 2.51. The van der Waals surface area contributed by atoms with Crippen molar-refractivity contribution in [3.8, 4) is 28.4 Å². The Labute approximate surface area is 298 Å². The van der Waals surface area contributed by atoms with Gasteiger partial charge in [-0.3, -0.25) is 4.79 Å². The molecule has 0 amide bonds. The van der Waals surface area contributed by atoms with Crippen molar-refractivity contribution in [2.24, 2.45) is 0 Å². The van der Waals surface area contributed by atoms with Crippen LogP contribution in [0.5, 0.6) is 17.2 Å². The second-order valence-corrected chi connectivity index (χ2v) is 12.8. The Hall–Kier alpha value is -3.55. The summed E-state index contributed by atoms with van der Waals surface area (Å²) >= 11 is 0. The summed E-state index contributed by atoms with van der Waals surface area (Å²) in [7, 11) is 0. The van der Waals surface area contributed by atoms with Crippen LogP contribution >= 0.6 is 0 Å². The van der Waals surface area contributed by atoms with Gasteiger partial charge in [0.2, 0.25) is 18.0 Å². The molecule has 6 rings (SSSR count). The van der Waals surface area contributed by atoms with Crippen molar-refractivity contribution < 1.29 is 94.1 Å². The Morgan fingerprint density at radius 3 is 1.68 bits per heavy atom. The van der Waals surface area contributed by atoms with Crippen LogP contribution in [0.3, 0.4) is 0 Å². The van der Waals surface area contributed by atoms with Crippen LogP contribution < -0.4 is 14.9 Å². The SMILES string of the molecule is O=c1c(-c2ccc(O[C@H]3O[C@@H](CO)[C@H](O)[C@@H](O)[C@@H]3O[C@H]3O[C@@H](CO)[C@H](O)[C@@H](O)[C@@H]3O)cc2)coc2cc(O[C@H]3O[C@@H](CO)[C@H](O)[C@@H](O)[C@@H]3O)cc(O)c12. The van der Waals surface area contributed by atoms with Crippen molar-refractivity contribution in [3.05, 3.63) is 52.9 Å². The molecule has 0 unspecified atom stereocenters. The monoisotopic (exact) mass is 756 g/mol. The number of aliphatic hydroxyl groups is 11. The summed E-state index contributed by atoms with van der Waals surface area (Å²) in [6.07, 6.45) is -23.2. The fourth-order valence-electron chi connectivity index (χ4n) is 6.25. The van der Waals surface area contributed by atoms with Crippen molar-refractivity contribution in [2.75, 3.05) is 19.8 Å². The number of rotatable bonds is 10. The number of aliphatic hydroxyl groups excluding tert-OH is 11. The van der Waals surface area contributed by atoms with Gasteiger partial charge in [0.25, 0.3) is 0 Å². The van der Waals surface area contributed by atoms with Crippen molar-refractivity contribution in [2.45, 2.75) is 92.1 Å². The first-order valence-electron chi connectivity index (χ1n) is 16.4. The fourth-order valence-corrected chi connectivity index (χ4v) is 6.25. The number of phenols is 1. The van der Waals surface area contributed by atoms with E-state index in [-0.39, 0.29) is 33.6 Å². The maximum absolute atomic E-state index is 13.5. The van der Waals surface area contributed by atoms with E-state index < -0.39 is 123 Å². The van der Waals surface area contributed by atoms with Crippen LogP contribution in [0.1, 0.15) is 0 Å². The maximum Gasteiger partial charge on any atom is 0.229 e. The smallest absolute Gasteiger partial charge is 0.229 e. The average Bonchev–Trinajstić information content (AvgIpc) is 3.15. The van der Waals surface area contributed by atoms with Gasteiger partial charge in [0, 0.05) is 12.1 Å². The van der Waals surface area contributed by atoms with Crippen LogP contribution in [0.25, 0.3) is 22.1 Å². The molecule has 0 spiro atoms. The van der Waals surface area contributed by atoms with Gasteiger partial charge in [0.1, 0.15) is 102 Å². The topological polar surface area (TPSA) is 328 Å². The summed E-state index contributed by atoms with van der Waals surface area (Å²) in [6.45, 7) is -2.19. The number of aromatic hydroxyl groups is 1. The van der Waals surface area contributed by atoms with E-state index in [2.05, 4.69) is 0 Å². The predicted octanol–water partition coefficient (Wildman–Crippen LogP) is -4.65. The van der Waals surface area contributed by atoms with Crippen LogP contribution in [0.2, 0.25) is 0 Å². The molecule has 4 heterocycles. The highest BCUT2D eigenvalue weighted by Crippen LogP contribution is 2.34. The van der Waals surface area contributed by atoms with Gasteiger partial charge in [-0.25, -0.2) is 0 Å². The standard InChI is InChI=1S/C33H40O20/c34-7-17-22(39)25(42)28(45)31(50-17)49-13-5-15(37)20-16(6-13)47-10-14(21(20)38)11-1-3-12(4-2-11)48-33-30(27(44)24(41)19(9-36)52-33)53-32-29(46)26(43)23(40)18(8-35)51-32/h1-6,10,17-19,22-37,39-46H,7-9H2/t17-,18-,19-,22-,23-,24-,25+,26+,27+,28-,29-,30-,31-,32+,33-/m0/s1. The van der Waals surface area contributed by atoms with Crippen molar-refractivity contribution in [1.82, 2.24) is 0 Å². The lowest BCUT2D eigenvalue weighted by Gasteiger charge is -2.45. The van der Waals surface area contributed by atoms with Gasteiger partial charge in [0.15, 0.2) is 12.4 Å². The van der Waals surface area contributed by atoms with E-state index in [1.54, 1.807) is 0 Å². The minimum Gasteiger partial charge on any atom is -0.507 e. The van der Waals surface area contributed by atoms with Gasteiger partial charge in [-0.2, -0.15) is 0 Å². The molecule has 20 heteroatoms. The van der Waals surface area contributed by atoms with E-state index in [0.29, 0.717) is 0 Å². The molecule has 53 heavy (non-hydrogen) atoms. The van der Waals surface area contributed by atoms with Crippen LogP contribution in [0.15, 0.2) is 51.9 Å². The molecule has 1 aromatic heterocycles. The lowest BCUT2D eigenvalue weighted by molar-refractivity contribution is -0.357. The van der Waals surface area contributed by atoms with Crippen molar-refractivity contribution >= 4 is 11.0 Å². The van der Waals surface area contributed by atoms with Gasteiger partial charge >= 0.3 is 0 Å². The predicted molar refractivity (Wildman–Crippen MR) is 171 cm³/mol. The third kappa shape index (κ3) is 7.58. The quantitative estimate of drug-likeness (QED) is 0.0925. The zero-order chi connectivity index (χ0) is 38.3. The Morgan fingerprint density at radius 1 is 0.585 bits per heavy atom. The molecule has 20 nitrogen and oxygen atoms in total. The molecule has 12 N–H and O–H groups in total. The van der Waals surface area contributed by atoms with E-state index in [9.17, 15) is 66.1 Å². The lowest BCUT2D eigenvalue weighted by Crippen LogP contribution is -2.65. The number of hydrogen-bond donors (Lipinski definition) is 12. The molecule has 3 fully saturated rings. The second kappa shape index (κ2) is 16.0. The number of benzene rings is 2. The third-order valence-electron chi connectivity index (χ3n) is 9.31. The molecule has 3 saturated heterocycles. The molecule has 292 valence electrons. The Morgan fingerprint density at radius 2 is 1.09 bits per heavy atom. The van der Waals surface area contributed by atoms with Gasteiger partial charge in [-0.1, -0.05) is 12.1 Å². The molecular weight excluding hydrogens is 716 g/mol. The molecule has 0 radical (unpaired) electrons. The fraction of sp³-hybridized carbons (Fsp3) is 0.545. The number of ether oxygens (including phenoxy) is 6. The number of fused-ring (bicyclic) bond motifs is 1. The largest absolute Gasteiger partial charge is 0.507 e. The first-order chi connectivity index (χ1) is 25.3. The van der Waals surface area contributed by atoms with E-state index in [1.807, 2.05) is 0 Å². The zero-order valence-electron chi connectivity index (χ0n) is 27.5. The zero-order valence-corrected chi connectivity index (χ0v) is 27.5. The number of hydrogen-bond acceptors (Lipinski definition) is 20. The van der Waals surface area contributed by atoms with Crippen molar-refractivity contribution in [1.29, 1.82) is 0 Å². The molecule has 0 bridgehead atoms. The normalized spacial score (nSPS) is 37.8. The summed E-state index contributed by atoms with van der Waals surface area (Å²) in [5.74, 6) is -0.655. The Kier molecular flexibility index (Phi) is 11.9. The summed E-state index contributed by atoms with van der Waals surface area (Å²) in [6, 6.07) is 7.90. The number of phenolic OH excluding ortho intramolecular Hbond substituents is 1. The molecule has 0 saturated carbocycles. The van der Waals surface area contributed by atoms with Gasteiger partial charge in [-0.15, -0.1) is 0 Å². The average molecular weight is 757 g/mol. The minimum absolute atomic E-state index is 0.00131. The van der Waals surface area contributed by atoms with E-state index >= 15 is 0 Å². The van der Waals surface area contributed by atoms with Crippen LogP contribution in [0, 0.1) is 0 Å². The van der Waals surface area contributed by atoms with Crippen LogP contribution in [0.4, 0.5) is 0 Å². The van der Waals surface area contributed by atoms with Crippen LogP contribution in [-0.2, 0) is 18.9 Å². The first kappa shape index (κ1) is 39.2. The van der Waals surface area contributed by atoms with Gasteiger partial charge < -0.3 is 94.1 Å². The molecule has 0 aliphatic carbocycles. The highest BCUT2D eigenvalue weighted by molar-refractivity contribution is 5.88. The molecule has 3 aliphatic heterocycles. The van der Waals surface area contributed by atoms with Gasteiger partial charge in [-0.05, 0) is 17.7 Å². The summed E-state index contributed by atoms with van der Waals surface area (Å²) < 4.78 is 39.0. The van der Waals surface area contributed by atoms with Gasteiger partial charge in [0.05, 0.1) is 25.4 Å². The molecular formula is C33H40O20. The second-order valence-electron chi connectivity index (χ2n) is 12.8. The lowest BCUT2D eigenvalue weighted by atomic mass is 9.97. The molecule has 2 aromatic carbocycles. The summed E-state index contributed by atoms with van der Waals surface area (Å²) in [5.41, 5.74) is -0.504. The van der Waals surface area contributed by atoms with E-state index in [1.165, 1.54) is 30.3 Å². The van der Waals surface area contributed by atoms with Crippen LogP contribution in [-0.4, -0.2) is 173 Å². The van der Waals surface area contributed by atoms with Crippen molar-refractivity contribution in [3.63, 3.8) is 0 Å². The highest BCUT2D eigenvalue weighted by atomic mass is 16.8. The first-order valence-corrected chi connectivity index (χ1v) is 16.4. The van der Waals surface area contributed by atoms with E-state index in [0.717, 1.165) is 12.3 Å². The Bertz CT molecular complexity index is 1750. The molecule has 3 aromatic rings. The third-order valence-corrected chi connectivity index (χ3v) is 9.31. The summed E-state index contributed by atoms with van der Waals surface area (Å²) in [5, 5.41) is 122. The summed E-state index contributed by atoms with van der Waals surface area (Å²) in [4.78, 5) is 13.5. The Balaban J connectivity index is 1.20. The molecule has 15 atom stereocenters.